The summed E-state index contributed by atoms with van der Waals surface area (Å²) in [4.78, 5) is 32.1. The summed E-state index contributed by atoms with van der Waals surface area (Å²) in [6, 6.07) is 17.3. The summed E-state index contributed by atoms with van der Waals surface area (Å²) in [5.41, 5.74) is 3.02. The fraction of sp³-hybridized carbons (Fsp3) is 0.516. The highest BCUT2D eigenvalue weighted by atomic mass is 35.5. The van der Waals surface area contributed by atoms with Gasteiger partial charge in [-0.05, 0) is 87.0 Å². The van der Waals surface area contributed by atoms with E-state index in [-0.39, 0.29) is 24.3 Å². The monoisotopic (exact) mass is 567 g/mol. The molecule has 0 aromatic heterocycles. The van der Waals surface area contributed by atoms with Gasteiger partial charge in [-0.2, -0.15) is 5.26 Å². The van der Waals surface area contributed by atoms with Gasteiger partial charge in [-0.3, -0.25) is 4.79 Å². The molecule has 0 saturated carbocycles. The molecule has 2 fully saturated rings. The van der Waals surface area contributed by atoms with Crippen LogP contribution in [0.25, 0.3) is 0 Å². The van der Waals surface area contributed by atoms with Gasteiger partial charge in [0.2, 0.25) is 0 Å². The largest absolute Gasteiger partial charge is 0.378 e. The van der Waals surface area contributed by atoms with Crippen LogP contribution in [-0.2, 0) is 11.2 Å². The molecule has 9 heteroatoms. The van der Waals surface area contributed by atoms with Crippen LogP contribution in [0, 0.1) is 17.2 Å². The van der Waals surface area contributed by atoms with Crippen molar-refractivity contribution >= 4 is 30.0 Å². The number of carbonyl (C=O) groups is 2. The number of rotatable bonds is 9. The van der Waals surface area contributed by atoms with Crippen LogP contribution in [0.2, 0.25) is 0 Å². The van der Waals surface area contributed by atoms with Crippen molar-refractivity contribution in [3.63, 3.8) is 0 Å². The molecule has 216 valence electrons. The molecule has 3 amide bonds. The summed E-state index contributed by atoms with van der Waals surface area (Å²) in [6.45, 7) is 10.9. The Balaban J connectivity index is 0.00000441. The summed E-state index contributed by atoms with van der Waals surface area (Å²) in [5, 5.41) is 12.0. The Labute approximate surface area is 244 Å². The van der Waals surface area contributed by atoms with Gasteiger partial charge in [0.1, 0.15) is 0 Å². The predicted octanol–water partition coefficient (Wildman–Crippen LogP) is 5.04. The van der Waals surface area contributed by atoms with Crippen molar-refractivity contribution in [2.24, 2.45) is 5.92 Å². The van der Waals surface area contributed by atoms with Crippen molar-refractivity contribution in [2.75, 3.05) is 57.8 Å². The normalized spacial score (nSPS) is 16.6. The van der Waals surface area contributed by atoms with Crippen molar-refractivity contribution in [1.29, 1.82) is 5.26 Å². The molecule has 0 radical (unpaired) electrons. The van der Waals surface area contributed by atoms with Gasteiger partial charge in [-0.1, -0.05) is 19.1 Å². The maximum atomic E-state index is 12.8. The molecule has 1 N–H and O–H groups in total. The van der Waals surface area contributed by atoms with Crippen LogP contribution in [-0.4, -0.2) is 85.2 Å². The van der Waals surface area contributed by atoms with E-state index in [2.05, 4.69) is 42.3 Å². The van der Waals surface area contributed by atoms with E-state index < -0.39 is 0 Å². The number of nitrogens with one attached hydrogen (secondary N) is 1. The second-order valence-corrected chi connectivity index (χ2v) is 10.7. The van der Waals surface area contributed by atoms with E-state index in [1.54, 1.807) is 24.3 Å². The Morgan fingerprint density at radius 2 is 1.75 bits per heavy atom. The summed E-state index contributed by atoms with van der Waals surface area (Å²) in [5.74, 6) is 0.404. The van der Waals surface area contributed by atoms with Crippen molar-refractivity contribution in [3.05, 3.63) is 65.2 Å². The number of carbonyl (C=O) groups excluding carboxylic acids is 2. The van der Waals surface area contributed by atoms with Crippen molar-refractivity contribution in [3.8, 4) is 6.07 Å². The predicted molar refractivity (Wildman–Crippen MR) is 160 cm³/mol. The van der Waals surface area contributed by atoms with E-state index in [4.69, 9.17) is 10.00 Å². The number of anilines is 1. The molecular weight excluding hydrogens is 526 g/mol. The van der Waals surface area contributed by atoms with E-state index in [1.807, 2.05) is 21.9 Å². The summed E-state index contributed by atoms with van der Waals surface area (Å²) >= 11 is 0. The quantitative estimate of drug-likeness (QED) is 0.458. The number of nitrogens with zero attached hydrogens (tertiary/aromatic N) is 4. The zero-order valence-corrected chi connectivity index (χ0v) is 24.5. The highest BCUT2D eigenvalue weighted by Gasteiger charge is 2.29. The average Bonchev–Trinajstić information content (AvgIpc) is 2.97. The summed E-state index contributed by atoms with van der Waals surface area (Å²) in [7, 11) is 0. The number of likely N-dealkylation sites (tertiary alicyclic amines) is 1. The Kier molecular flexibility index (Phi) is 12.3. The number of morpholine rings is 1. The van der Waals surface area contributed by atoms with Gasteiger partial charge in [0.15, 0.2) is 0 Å². The number of halogens is 1. The highest BCUT2D eigenvalue weighted by Crippen LogP contribution is 2.23. The lowest BCUT2D eigenvalue weighted by Gasteiger charge is -2.39. The molecule has 1 unspecified atom stereocenters. The fourth-order valence-corrected chi connectivity index (χ4v) is 5.52. The van der Waals surface area contributed by atoms with E-state index in [9.17, 15) is 9.59 Å². The van der Waals surface area contributed by atoms with Crippen LogP contribution in [0.4, 0.5) is 10.5 Å². The molecule has 2 aliphatic rings. The number of nitriles is 1. The number of amides is 3. The van der Waals surface area contributed by atoms with E-state index in [1.165, 1.54) is 5.56 Å². The Morgan fingerprint density at radius 3 is 2.40 bits per heavy atom. The van der Waals surface area contributed by atoms with Crippen LogP contribution >= 0.6 is 12.4 Å². The first-order chi connectivity index (χ1) is 19.0. The number of piperidine rings is 1. The molecule has 40 heavy (non-hydrogen) atoms. The number of hydrogen-bond donors (Lipinski definition) is 1. The lowest BCUT2D eigenvalue weighted by molar-refractivity contribution is 0.0386. The number of ether oxygens (including phenoxy) is 1. The molecule has 2 aliphatic heterocycles. The Morgan fingerprint density at radius 1 is 1.07 bits per heavy atom. The zero-order chi connectivity index (χ0) is 27.6. The van der Waals surface area contributed by atoms with Crippen LogP contribution in [0.1, 0.15) is 54.6 Å². The van der Waals surface area contributed by atoms with Crippen molar-refractivity contribution in [1.82, 2.24) is 14.7 Å². The first-order valence-electron chi connectivity index (χ1n) is 14.2. The summed E-state index contributed by atoms with van der Waals surface area (Å²) < 4.78 is 5.39. The minimum absolute atomic E-state index is 0. The maximum Gasteiger partial charge on any atom is 0.320 e. The topological polar surface area (TPSA) is 88.9 Å². The third kappa shape index (κ3) is 8.69. The maximum absolute atomic E-state index is 12.8. The van der Waals surface area contributed by atoms with Gasteiger partial charge >= 0.3 is 6.03 Å². The van der Waals surface area contributed by atoms with Crippen LogP contribution in [0.5, 0.6) is 0 Å². The molecule has 4 rings (SSSR count). The second-order valence-electron chi connectivity index (χ2n) is 10.7. The lowest BCUT2D eigenvalue weighted by Crippen LogP contribution is -2.51. The fourth-order valence-electron chi connectivity index (χ4n) is 5.52. The first kappa shape index (κ1) is 31.4. The minimum Gasteiger partial charge on any atom is -0.378 e. The first-order valence-corrected chi connectivity index (χ1v) is 14.2. The third-order valence-corrected chi connectivity index (χ3v) is 7.79. The molecule has 0 aliphatic carbocycles. The van der Waals surface area contributed by atoms with Crippen LogP contribution in [0.3, 0.4) is 0 Å². The van der Waals surface area contributed by atoms with Gasteiger partial charge in [-0.15, -0.1) is 12.4 Å². The van der Waals surface area contributed by atoms with Crippen LogP contribution in [0.15, 0.2) is 48.5 Å². The number of benzene rings is 2. The molecule has 2 saturated heterocycles. The standard InChI is InChI=1S/C31H41N5O3.ClH/c1-3-13-36(23-26-11-14-34(15-12-26)31(38)35-16-18-39-19-17-35)24(2)20-27-5-4-6-29(21-27)33-30(37)28-9-7-25(22-32)8-10-28;/h4-10,21,24,26H,3,11-20,23H2,1-2H3,(H,33,37);1H. The SMILES string of the molecule is CCCN(CC1CCN(C(=O)N2CCOCC2)CC1)C(C)Cc1cccc(NC(=O)c2ccc(C#N)cc2)c1.Cl. The van der Waals surface area contributed by atoms with Crippen molar-refractivity contribution < 1.29 is 14.3 Å². The van der Waals surface area contributed by atoms with E-state index >= 15 is 0 Å². The second kappa shape index (κ2) is 15.6. The van der Waals surface area contributed by atoms with Gasteiger partial charge in [0.05, 0.1) is 24.8 Å². The molecule has 2 aromatic carbocycles. The van der Waals surface area contributed by atoms with Gasteiger partial charge in [-0.25, -0.2) is 4.79 Å². The molecule has 8 nitrogen and oxygen atoms in total. The molecule has 2 heterocycles. The average molecular weight is 568 g/mol. The van der Waals surface area contributed by atoms with Crippen LogP contribution < -0.4 is 5.32 Å². The molecule has 1 atom stereocenters. The van der Waals surface area contributed by atoms with E-state index in [0.717, 1.165) is 57.5 Å². The Bertz CT molecular complexity index is 1140. The van der Waals surface area contributed by atoms with Gasteiger partial charge in [0, 0.05) is 50.0 Å². The molecular formula is C31H42ClN5O3. The lowest BCUT2D eigenvalue weighted by atomic mass is 9.95. The highest BCUT2D eigenvalue weighted by molar-refractivity contribution is 6.04. The molecule has 0 bridgehead atoms. The van der Waals surface area contributed by atoms with Gasteiger partial charge < -0.3 is 24.8 Å². The summed E-state index contributed by atoms with van der Waals surface area (Å²) in [6.07, 6.45) is 4.08. The number of urea groups is 1. The third-order valence-electron chi connectivity index (χ3n) is 7.79. The minimum atomic E-state index is -0.184. The number of hydrogen-bond acceptors (Lipinski definition) is 5. The molecule has 0 spiro atoms. The smallest absolute Gasteiger partial charge is 0.320 e. The Hall–Kier alpha value is -3.12. The molecule has 2 aromatic rings. The van der Waals surface area contributed by atoms with E-state index in [0.29, 0.717) is 49.4 Å². The van der Waals surface area contributed by atoms with Gasteiger partial charge in [0.25, 0.3) is 5.91 Å². The zero-order valence-electron chi connectivity index (χ0n) is 23.7. The van der Waals surface area contributed by atoms with Crippen molar-refractivity contribution in [2.45, 2.75) is 45.6 Å².